The van der Waals surface area contributed by atoms with Crippen molar-refractivity contribution in [3.05, 3.63) is 77.0 Å². The fourth-order valence-electron chi connectivity index (χ4n) is 3.14. The monoisotopic (exact) mass is 419 g/mol. The van der Waals surface area contributed by atoms with Crippen LogP contribution < -0.4 is 14.8 Å². The van der Waals surface area contributed by atoms with E-state index in [1.54, 1.807) is 14.2 Å². The first-order chi connectivity index (χ1) is 14.6. The predicted molar refractivity (Wildman–Crippen MR) is 121 cm³/mol. The van der Waals surface area contributed by atoms with Gasteiger partial charge in [0.2, 0.25) is 0 Å². The summed E-state index contributed by atoms with van der Waals surface area (Å²) in [5.74, 6) is 1.40. The molecule has 1 N–H and O–H groups in total. The fourth-order valence-corrected chi connectivity index (χ4v) is 3.97. The van der Waals surface area contributed by atoms with Gasteiger partial charge in [-0.25, -0.2) is 4.99 Å². The zero-order valence-corrected chi connectivity index (χ0v) is 17.7. The molecule has 7 heteroatoms. The van der Waals surface area contributed by atoms with Crippen molar-refractivity contribution < 1.29 is 14.3 Å². The lowest BCUT2D eigenvalue weighted by Crippen LogP contribution is -2.19. The van der Waals surface area contributed by atoms with Crippen molar-refractivity contribution in [2.45, 2.75) is 6.92 Å². The molecule has 2 aromatic carbocycles. The first kappa shape index (κ1) is 19.8. The Balaban J connectivity index is 1.60. The number of aromatic nitrogens is 1. The van der Waals surface area contributed by atoms with Crippen LogP contribution in [0.15, 0.2) is 70.6 Å². The number of amidine groups is 1. The van der Waals surface area contributed by atoms with Crippen LogP contribution in [0.3, 0.4) is 0 Å². The van der Waals surface area contributed by atoms with Crippen LogP contribution in [0.4, 0.5) is 5.69 Å². The summed E-state index contributed by atoms with van der Waals surface area (Å²) >= 11 is 1.32. The Labute approximate surface area is 179 Å². The van der Waals surface area contributed by atoms with Crippen LogP contribution >= 0.6 is 11.8 Å². The lowest BCUT2D eigenvalue weighted by atomic mass is 10.2. The quantitative estimate of drug-likeness (QED) is 0.609. The average molecular weight is 420 g/mol. The van der Waals surface area contributed by atoms with Crippen molar-refractivity contribution in [1.29, 1.82) is 0 Å². The van der Waals surface area contributed by atoms with Crippen molar-refractivity contribution in [2.75, 3.05) is 14.2 Å². The Morgan fingerprint density at radius 3 is 2.20 bits per heavy atom. The molecule has 1 fully saturated rings. The SMILES string of the molecule is COc1ccc(N=C2NC(=O)/C(=C/c3ccc(C)n3-c3ccc(OC)cc3)S2)cc1. The first-order valence-corrected chi connectivity index (χ1v) is 10.2. The van der Waals surface area contributed by atoms with Crippen molar-refractivity contribution in [2.24, 2.45) is 4.99 Å². The number of aliphatic imine (C=N–C) groups is 1. The van der Waals surface area contributed by atoms with E-state index < -0.39 is 0 Å². The molecule has 0 spiro atoms. The molecule has 30 heavy (non-hydrogen) atoms. The van der Waals surface area contributed by atoms with Gasteiger partial charge in [-0.3, -0.25) is 4.79 Å². The van der Waals surface area contributed by atoms with Crippen LogP contribution in [0.1, 0.15) is 11.4 Å². The van der Waals surface area contributed by atoms with Crippen LogP contribution in [0, 0.1) is 6.92 Å². The highest BCUT2D eigenvalue weighted by Gasteiger charge is 2.24. The van der Waals surface area contributed by atoms with Gasteiger partial charge in [-0.2, -0.15) is 0 Å². The summed E-state index contributed by atoms with van der Waals surface area (Å²) in [5.41, 5.74) is 3.74. The van der Waals surface area contributed by atoms with E-state index in [9.17, 15) is 4.79 Å². The van der Waals surface area contributed by atoms with E-state index in [-0.39, 0.29) is 5.91 Å². The minimum absolute atomic E-state index is 0.160. The molecule has 6 nitrogen and oxygen atoms in total. The molecule has 0 atom stereocenters. The zero-order chi connectivity index (χ0) is 21.1. The van der Waals surface area contributed by atoms with E-state index in [1.807, 2.05) is 73.7 Å². The Hall–Kier alpha value is -3.45. The van der Waals surface area contributed by atoms with Gasteiger partial charge < -0.3 is 19.4 Å². The number of rotatable bonds is 5. The van der Waals surface area contributed by atoms with Gasteiger partial charge in [0.15, 0.2) is 5.17 Å². The number of benzene rings is 2. The molecule has 1 aliphatic rings. The van der Waals surface area contributed by atoms with Crippen LogP contribution in [0.5, 0.6) is 11.5 Å². The Morgan fingerprint density at radius 1 is 0.933 bits per heavy atom. The molecular formula is C23H21N3O3S. The Kier molecular flexibility index (Phi) is 5.63. The summed E-state index contributed by atoms with van der Waals surface area (Å²) in [6, 6.07) is 19.2. The number of amides is 1. The van der Waals surface area contributed by atoms with Crippen molar-refractivity contribution in [1.82, 2.24) is 9.88 Å². The second-order valence-electron chi connectivity index (χ2n) is 6.61. The number of nitrogens with one attached hydrogen (secondary N) is 1. The molecule has 3 aromatic rings. The Morgan fingerprint density at radius 2 is 1.57 bits per heavy atom. The molecular weight excluding hydrogens is 398 g/mol. The molecule has 0 bridgehead atoms. The molecule has 4 rings (SSSR count). The zero-order valence-electron chi connectivity index (χ0n) is 16.9. The van der Waals surface area contributed by atoms with Crippen LogP contribution in [-0.4, -0.2) is 29.9 Å². The molecule has 0 aliphatic carbocycles. The van der Waals surface area contributed by atoms with Crippen molar-refractivity contribution in [3.63, 3.8) is 0 Å². The van der Waals surface area contributed by atoms with E-state index in [0.29, 0.717) is 10.1 Å². The lowest BCUT2D eigenvalue weighted by Gasteiger charge is -2.10. The maximum Gasteiger partial charge on any atom is 0.264 e. The molecule has 1 aromatic heterocycles. The van der Waals surface area contributed by atoms with Crippen LogP contribution in [-0.2, 0) is 4.79 Å². The minimum atomic E-state index is -0.160. The number of nitrogens with zero attached hydrogens (tertiary/aromatic N) is 2. The summed E-state index contributed by atoms with van der Waals surface area (Å²) in [6.45, 7) is 2.03. The van der Waals surface area contributed by atoms with Crippen LogP contribution in [0.25, 0.3) is 11.8 Å². The molecule has 152 valence electrons. The lowest BCUT2D eigenvalue weighted by molar-refractivity contribution is -0.115. The number of thioether (sulfide) groups is 1. The number of carbonyl (C=O) groups excluding carboxylic acids is 1. The van der Waals surface area contributed by atoms with Gasteiger partial charge in [0.1, 0.15) is 11.5 Å². The van der Waals surface area contributed by atoms with Crippen molar-refractivity contribution in [3.8, 4) is 17.2 Å². The van der Waals surface area contributed by atoms with Gasteiger partial charge in [-0.1, -0.05) is 0 Å². The fraction of sp³-hybridized carbons (Fsp3) is 0.130. The van der Waals surface area contributed by atoms with Gasteiger partial charge in [0.25, 0.3) is 5.91 Å². The van der Waals surface area contributed by atoms with Gasteiger partial charge in [-0.15, -0.1) is 0 Å². The van der Waals surface area contributed by atoms with Gasteiger partial charge >= 0.3 is 0 Å². The molecule has 0 saturated carbocycles. The smallest absolute Gasteiger partial charge is 0.264 e. The van der Waals surface area contributed by atoms with Crippen molar-refractivity contribution >= 4 is 34.6 Å². The highest BCUT2D eigenvalue weighted by molar-refractivity contribution is 8.18. The van der Waals surface area contributed by atoms with E-state index in [0.717, 1.165) is 34.3 Å². The van der Waals surface area contributed by atoms with E-state index >= 15 is 0 Å². The van der Waals surface area contributed by atoms with Crippen LogP contribution in [0.2, 0.25) is 0 Å². The first-order valence-electron chi connectivity index (χ1n) is 9.34. The van der Waals surface area contributed by atoms with E-state index in [1.165, 1.54) is 11.8 Å². The predicted octanol–water partition coefficient (Wildman–Crippen LogP) is 4.69. The summed E-state index contributed by atoms with van der Waals surface area (Å²) in [5, 5.41) is 3.38. The van der Waals surface area contributed by atoms with E-state index in [2.05, 4.69) is 14.9 Å². The number of methoxy groups -OCH3 is 2. The number of aryl methyl sites for hydroxylation is 1. The second-order valence-corrected chi connectivity index (χ2v) is 7.64. The molecule has 2 heterocycles. The molecule has 0 radical (unpaired) electrons. The van der Waals surface area contributed by atoms with E-state index in [4.69, 9.17) is 9.47 Å². The second kappa shape index (κ2) is 8.51. The molecule has 1 amide bonds. The third-order valence-corrected chi connectivity index (χ3v) is 5.58. The Bertz CT molecular complexity index is 1130. The highest BCUT2D eigenvalue weighted by atomic mass is 32.2. The normalized spacial score (nSPS) is 16.2. The maximum absolute atomic E-state index is 12.5. The molecule has 0 unspecified atom stereocenters. The highest BCUT2D eigenvalue weighted by Crippen LogP contribution is 2.30. The molecule has 1 aliphatic heterocycles. The van der Waals surface area contributed by atoms with Gasteiger partial charge in [0, 0.05) is 17.1 Å². The topological polar surface area (TPSA) is 64.8 Å². The van der Waals surface area contributed by atoms with Gasteiger partial charge in [-0.05, 0) is 85.4 Å². The summed E-state index contributed by atoms with van der Waals surface area (Å²) < 4.78 is 12.5. The number of carbonyl (C=O) groups is 1. The summed E-state index contributed by atoms with van der Waals surface area (Å²) in [4.78, 5) is 17.6. The summed E-state index contributed by atoms with van der Waals surface area (Å²) in [6.07, 6.45) is 1.88. The summed E-state index contributed by atoms with van der Waals surface area (Å²) in [7, 11) is 3.27. The molecule has 1 saturated heterocycles. The number of hydrogen-bond donors (Lipinski definition) is 1. The number of ether oxygens (including phenoxy) is 2. The minimum Gasteiger partial charge on any atom is -0.497 e. The third kappa shape index (κ3) is 4.11. The van der Waals surface area contributed by atoms with Gasteiger partial charge in [0.05, 0.1) is 24.8 Å². The maximum atomic E-state index is 12.5. The third-order valence-electron chi connectivity index (χ3n) is 4.67. The average Bonchev–Trinajstić information content (AvgIpc) is 3.30. The standard InChI is InChI=1S/C23H21N3O3S/c1-15-4-7-18(26(15)17-8-12-20(29-3)13-9-17)14-21-22(27)25-23(30-21)24-16-5-10-19(28-2)11-6-16/h4-14H,1-3H3,(H,24,25,27)/b21-14-. The number of hydrogen-bond acceptors (Lipinski definition) is 5. The largest absolute Gasteiger partial charge is 0.497 e.